The van der Waals surface area contributed by atoms with Crippen LogP contribution in [-0.2, 0) is 10.0 Å². The van der Waals surface area contributed by atoms with E-state index < -0.39 is 10.0 Å². The maximum absolute atomic E-state index is 10.8. The van der Waals surface area contributed by atoms with Gasteiger partial charge in [0.25, 0.3) is 0 Å². The highest BCUT2D eigenvalue weighted by molar-refractivity contribution is 7.92. The molecule has 0 fully saturated rings. The Morgan fingerprint density at radius 3 is 2.46 bits per heavy atom. The fourth-order valence-electron chi connectivity index (χ4n) is 0.887. The van der Waals surface area contributed by atoms with Crippen molar-refractivity contribution in [2.45, 2.75) is 0 Å². The molecule has 1 rings (SSSR count). The number of nitrogens with one attached hydrogen (secondary N) is 2. The molecule has 0 atom stereocenters. The van der Waals surface area contributed by atoms with Crippen LogP contribution in [0.1, 0.15) is 0 Å². The summed E-state index contributed by atoms with van der Waals surface area (Å²) in [4.78, 5) is 0. The smallest absolute Gasteiger partial charge is 0.229 e. The van der Waals surface area contributed by atoms with Crippen LogP contribution < -0.4 is 16.0 Å². The third-order valence-electron chi connectivity index (χ3n) is 1.33. The molecule has 13 heavy (non-hydrogen) atoms. The van der Waals surface area contributed by atoms with Gasteiger partial charge in [0.2, 0.25) is 10.0 Å². The monoisotopic (exact) mass is 201 g/mol. The van der Waals surface area contributed by atoms with Gasteiger partial charge in [0, 0.05) is 0 Å². The molecule has 1 aromatic carbocycles. The minimum absolute atomic E-state index is 0.484. The summed E-state index contributed by atoms with van der Waals surface area (Å²) in [7, 11) is -3.22. The summed E-state index contributed by atoms with van der Waals surface area (Å²) in [5.74, 6) is 5.16. The van der Waals surface area contributed by atoms with E-state index in [2.05, 4.69) is 10.1 Å². The Hall–Kier alpha value is -1.27. The number of nitrogen functional groups attached to an aromatic ring is 1. The summed E-state index contributed by atoms with van der Waals surface area (Å²) in [6.07, 6.45) is 1.09. The van der Waals surface area contributed by atoms with Crippen LogP contribution in [0.25, 0.3) is 0 Å². The lowest BCUT2D eigenvalue weighted by Crippen LogP contribution is -2.11. The van der Waals surface area contributed by atoms with Crippen molar-refractivity contribution in [2.24, 2.45) is 5.84 Å². The van der Waals surface area contributed by atoms with Crippen LogP contribution in [0.15, 0.2) is 24.3 Å². The molecule has 0 aliphatic carbocycles. The van der Waals surface area contributed by atoms with E-state index in [0.717, 1.165) is 6.26 Å². The standard InChI is InChI=1S/C7H11N3O2S/c1-13(11,12)10-7-4-2-3-6(5-7)9-8/h2-5,9-10H,8H2,1H3. The molecular formula is C7H11N3O2S. The third kappa shape index (κ3) is 3.30. The highest BCUT2D eigenvalue weighted by Crippen LogP contribution is 2.14. The average molecular weight is 201 g/mol. The molecule has 0 radical (unpaired) electrons. The van der Waals surface area contributed by atoms with Crippen molar-refractivity contribution in [3.8, 4) is 0 Å². The maximum atomic E-state index is 10.8. The lowest BCUT2D eigenvalue weighted by molar-refractivity contribution is 0.607. The summed E-state index contributed by atoms with van der Waals surface area (Å²) >= 11 is 0. The lowest BCUT2D eigenvalue weighted by Gasteiger charge is -2.05. The van der Waals surface area contributed by atoms with Crippen LogP contribution in [-0.4, -0.2) is 14.7 Å². The fraction of sp³-hybridized carbons (Fsp3) is 0.143. The highest BCUT2D eigenvalue weighted by atomic mass is 32.2. The fourth-order valence-corrected chi connectivity index (χ4v) is 1.44. The number of nitrogens with two attached hydrogens (primary N) is 1. The van der Waals surface area contributed by atoms with Gasteiger partial charge >= 0.3 is 0 Å². The Bertz CT molecular complexity index is 388. The van der Waals surface area contributed by atoms with E-state index in [-0.39, 0.29) is 0 Å². The molecule has 0 unspecified atom stereocenters. The van der Waals surface area contributed by atoms with E-state index in [0.29, 0.717) is 11.4 Å². The summed E-state index contributed by atoms with van der Waals surface area (Å²) in [5.41, 5.74) is 3.55. The molecule has 0 amide bonds. The predicted octanol–water partition coefficient (Wildman–Crippen LogP) is 0.344. The molecule has 0 heterocycles. The number of sulfonamides is 1. The molecule has 4 N–H and O–H groups in total. The van der Waals surface area contributed by atoms with Crippen molar-refractivity contribution in [2.75, 3.05) is 16.4 Å². The van der Waals surface area contributed by atoms with Gasteiger partial charge in [0.1, 0.15) is 0 Å². The van der Waals surface area contributed by atoms with Gasteiger partial charge in [0.05, 0.1) is 17.6 Å². The first-order chi connectivity index (χ1) is 6.01. The van der Waals surface area contributed by atoms with Crippen LogP contribution in [0, 0.1) is 0 Å². The van der Waals surface area contributed by atoms with E-state index in [1.807, 2.05) is 0 Å². The molecule has 0 saturated carbocycles. The predicted molar refractivity (Wildman–Crippen MR) is 52.7 cm³/mol. The van der Waals surface area contributed by atoms with E-state index in [4.69, 9.17) is 5.84 Å². The van der Waals surface area contributed by atoms with Gasteiger partial charge < -0.3 is 5.43 Å². The Morgan fingerprint density at radius 1 is 1.31 bits per heavy atom. The zero-order valence-electron chi connectivity index (χ0n) is 7.11. The molecule has 72 valence electrons. The summed E-state index contributed by atoms with van der Waals surface area (Å²) < 4.78 is 24.0. The van der Waals surface area contributed by atoms with Gasteiger partial charge in [-0.1, -0.05) is 6.07 Å². The SMILES string of the molecule is CS(=O)(=O)Nc1cccc(NN)c1. The molecular weight excluding hydrogens is 190 g/mol. The molecule has 0 aliphatic heterocycles. The third-order valence-corrected chi connectivity index (χ3v) is 1.94. The van der Waals surface area contributed by atoms with E-state index in [9.17, 15) is 8.42 Å². The van der Waals surface area contributed by atoms with Gasteiger partial charge in [0.15, 0.2) is 0 Å². The number of rotatable bonds is 3. The zero-order chi connectivity index (χ0) is 9.90. The first-order valence-electron chi connectivity index (χ1n) is 3.56. The molecule has 0 aromatic heterocycles. The Labute approximate surface area is 77.0 Å². The van der Waals surface area contributed by atoms with Crippen LogP contribution in [0.5, 0.6) is 0 Å². The zero-order valence-corrected chi connectivity index (χ0v) is 7.93. The minimum atomic E-state index is -3.22. The van der Waals surface area contributed by atoms with Crippen molar-refractivity contribution >= 4 is 21.4 Å². The van der Waals surface area contributed by atoms with Crippen molar-refractivity contribution in [1.29, 1.82) is 0 Å². The second-order valence-electron chi connectivity index (χ2n) is 2.60. The van der Waals surface area contributed by atoms with Crippen LogP contribution in [0.2, 0.25) is 0 Å². The second-order valence-corrected chi connectivity index (χ2v) is 4.35. The van der Waals surface area contributed by atoms with E-state index in [1.54, 1.807) is 24.3 Å². The minimum Gasteiger partial charge on any atom is -0.324 e. The molecule has 0 aliphatic rings. The molecule has 0 spiro atoms. The summed E-state index contributed by atoms with van der Waals surface area (Å²) in [5, 5.41) is 0. The average Bonchev–Trinajstić information content (AvgIpc) is 2.01. The summed E-state index contributed by atoms with van der Waals surface area (Å²) in [6, 6.07) is 6.67. The van der Waals surface area contributed by atoms with Gasteiger partial charge in [-0.05, 0) is 18.2 Å². The number of hydrazine groups is 1. The normalized spacial score (nSPS) is 10.9. The van der Waals surface area contributed by atoms with Gasteiger partial charge in [-0.2, -0.15) is 0 Å². The highest BCUT2D eigenvalue weighted by Gasteiger charge is 2.01. The number of benzene rings is 1. The maximum Gasteiger partial charge on any atom is 0.229 e. The van der Waals surface area contributed by atoms with Gasteiger partial charge in [-0.25, -0.2) is 8.42 Å². The Balaban J connectivity index is 2.90. The first-order valence-corrected chi connectivity index (χ1v) is 5.45. The Kier molecular flexibility index (Phi) is 2.74. The Morgan fingerprint density at radius 2 is 1.92 bits per heavy atom. The number of anilines is 2. The first kappa shape index (κ1) is 9.82. The van der Waals surface area contributed by atoms with E-state index in [1.165, 1.54) is 0 Å². The second kappa shape index (κ2) is 3.63. The van der Waals surface area contributed by atoms with Crippen LogP contribution in [0.4, 0.5) is 11.4 Å². The number of hydrogen-bond acceptors (Lipinski definition) is 4. The molecule has 0 saturated heterocycles. The quantitative estimate of drug-likeness (QED) is 0.486. The molecule has 5 nitrogen and oxygen atoms in total. The van der Waals surface area contributed by atoms with Crippen LogP contribution in [0.3, 0.4) is 0 Å². The lowest BCUT2D eigenvalue weighted by atomic mass is 10.3. The molecule has 6 heteroatoms. The topological polar surface area (TPSA) is 84.2 Å². The van der Waals surface area contributed by atoms with Crippen LogP contribution >= 0.6 is 0 Å². The number of hydrogen-bond donors (Lipinski definition) is 3. The summed E-state index contributed by atoms with van der Waals surface area (Å²) in [6.45, 7) is 0. The van der Waals surface area contributed by atoms with Gasteiger partial charge in [-0.3, -0.25) is 10.6 Å². The molecule has 1 aromatic rings. The largest absolute Gasteiger partial charge is 0.324 e. The van der Waals surface area contributed by atoms with Crippen molar-refractivity contribution in [3.05, 3.63) is 24.3 Å². The van der Waals surface area contributed by atoms with Crippen molar-refractivity contribution < 1.29 is 8.42 Å². The van der Waals surface area contributed by atoms with Gasteiger partial charge in [-0.15, -0.1) is 0 Å². The van der Waals surface area contributed by atoms with E-state index >= 15 is 0 Å². The van der Waals surface area contributed by atoms with Crippen molar-refractivity contribution in [3.63, 3.8) is 0 Å². The molecule has 0 bridgehead atoms. The van der Waals surface area contributed by atoms with Crippen molar-refractivity contribution in [1.82, 2.24) is 0 Å².